The average Bonchev–Trinajstić information content (AvgIpc) is 2.93. The van der Waals surface area contributed by atoms with Gasteiger partial charge in [0.25, 0.3) is 0 Å². The number of allylic oxidation sites excluding steroid dienone is 2. The van der Waals surface area contributed by atoms with Crippen LogP contribution in [0.25, 0.3) is 11.1 Å². The van der Waals surface area contributed by atoms with Crippen LogP contribution in [0.1, 0.15) is 47.8 Å². The number of phenolic OH excluding ortho intramolecular Hbond substituents is 1. The van der Waals surface area contributed by atoms with Crippen LogP contribution in [-0.2, 0) is 6.42 Å². The molecule has 4 N–H and O–H groups in total. The fraction of sp³-hybridized carbons (Fsp3) is 0.290. The van der Waals surface area contributed by atoms with Crippen molar-refractivity contribution in [3.63, 3.8) is 0 Å². The molecule has 3 atom stereocenters. The first-order chi connectivity index (χ1) is 18.5. The maximum atomic E-state index is 12.0. The van der Waals surface area contributed by atoms with Gasteiger partial charge in [-0.05, 0) is 78.1 Å². The Kier molecular flexibility index (Phi) is 7.98. The van der Waals surface area contributed by atoms with Crippen LogP contribution in [0.5, 0.6) is 11.5 Å². The zero-order valence-corrected chi connectivity index (χ0v) is 21.8. The Balaban J connectivity index is 1.24. The number of Topliss-reactive ketones (excluding diaryl/α,β-unsaturated/α-hetero) is 1. The summed E-state index contributed by atoms with van der Waals surface area (Å²) in [6, 6.07) is 16.1. The van der Waals surface area contributed by atoms with Crippen molar-refractivity contribution in [1.29, 1.82) is 0 Å². The van der Waals surface area contributed by atoms with E-state index in [4.69, 9.17) is 4.74 Å². The molecule has 7 nitrogen and oxygen atoms in total. The number of benzene rings is 2. The molecule has 196 valence electrons. The average molecular weight is 511 g/mol. The van der Waals surface area contributed by atoms with Gasteiger partial charge in [-0.25, -0.2) is 10.9 Å². The third-order valence-corrected chi connectivity index (χ3v) is 7.26. The molecule has 0 saturated carbocycles. The Morgan fingerprint density at radius 1 is 1.16 bits per heavy atom. The first-order valence-electron chi connectivity index (χ1n) is 13.1. The van der Waals surface area contributed by atoms with E-state index in [-0.39, 0.29) is 23.1 Å². The van der Waals surface area contributed by atoms with Crippen LogP contribution in [0.15, 0.2) is 84.7 Å². The van der Waals surface area contributed by atoms with Gasteiger partial charge in [0, 0.05) is 18.9 Å². The van der Waals surface area contributed by atoms with Gasteiger partial charge in [0.05, 0.1) is 17.2 Å². The van der Waals surface area contributed by atoms with E-state index in [2.05, 4.69) is 70.8 Å². The number of ether oxygens (including phenoxy) is 1. The predicted molar refractivity (Wildman–Crippen MR) is 148 cm³/mol. The number of phenols is 1. The maximum absolute atomic E-state index is 12.0. The fourth-order valence-corrected chi connectivity index (χ4v) is 5.13. The molecule has 38 heavy (non-hydrogen) atoms. The number of carbonyl (C=O) groups excluding carboxylic acids is 1. The second-order valence-corrected chi connectivity index (χ2v) is 10.1. The number of pyridine rings is 1. The van der Waals surface area contributed by atoms with Crippen molar-refractivity contribution in [2.45, 2.75) is 32.7 Å². The fourth-order valence-electron chi connectivity index (χ4n) is 5.13. The van der Waals surface area contributed by atoms with E-state index in [1.165, 1.54) is 18.1 Å². The van der Waals surface area contributed by atoms with Crippen molar-refractivity contribution in [2.24, 2.45) is 11.8 Å². The standard InChI is InChI=1S/C31H34N4O3/c1-20-18-33-35-34-30(20)26-5-3-4-24(17-26)16-22-6-8-23(9-7-22)19-38-28-11-10-27(21(2)36)31(37)29(28)25-12-14-32-15-13-25/h3-6,8-15,17,20,22,30,33-35,37H,7,16,18-19H2,1-2H3. The molecular formula is C31H34N4O3. The first kappa shape index (κ1) is 25.9. The van der Waals surface area contributed by atoms with Crippen molar-refractivity contribution in [2.75, 3.05) is 13.2 Å². The molecule has 2 aromatic carbocycles. The Morgan fingerprint density at radius 2 is 2.00 bits per heavy atom. The number of nitrogens with zero attached hydrogens (tertiary/aromatic N) is 1. The summed E-state index contributed by atoms with van der Waals surface area (Å²) >= 11 is 0. The van der Waals surface area contributed by atoms with Gasteiger partial charge >= 0.3 is 0 Å². The number of aromatic nitrogens is 1. The molecule has 1 aromatic heterocycles. The lowest BCUT2D eigenvalue weighted by atomic mass is 9.88. The van der Waals surface area contributed by atoms with Crippen molar-refractivity contribution in [1.82, 2.24) is 21.4 Å². The van der Waals surface area contributed by atoms with Gasteiger partial charge in [0.15, 0.2) is 5.78 Å². The minimum Gasteiger partial charge on any atom is -0.506 e. The number of hydrogen-bond acceptors (Lipinski definition) is 7. The van der Waals surface area contributed by atoms with Crippen molar-refractivity contribution in [3.05, 3.63) is 101 Å². The van der Waals surface area contributed by atoms with Gasteiger partial charge in [-0.2, -0.15) is 5.53 Å². The lowest BCUT2D eigenvalue weighted by Gasteiger charge is -2.31. The molecule has 1 aliphatic carbocycles. The Labute approximate surface area is 223 Å². The van der Waals surface area contributed by atoms with Gasteiger partial charge in [-0.15, -0.1) is 0 Å². The quantitative estimate of drug-likeness (QED) is 0.314. The summed E-state index contributed by atoms with van der Waals surface area (Å²) in [6.45, 7) is 4.99. The van der Waals surface area contributed by atoms with Crippen molar-refractivity contribution in [3.8, 4) is 22.6 Å². The van der Waals surface area contributed by atoms with Gasteiger partial charge in [-0.3, -0.25) is 9.78 Å². The lowest BCUT2D eigenvalue weighted by molar-refractivity contribution is 0.101. The molecule has 7 heteroatoms. The van der Waals surface area contributed by atoms with E-state index in [0.29, 0.717) is 29.8 Å². The van der Waals surface area contributed by atoms with Crippen LogP contribution < -0.4 is 21.1 Å². The molecule has 1 aliphatic heterocycles. The summed E-state index contributed by atoms with van der Waals surface area (Å²) < 4.78 is 6.16. The first-order valence-corrected chi connectivity index (χ1v) is 13.1. The molecular weight excluding hydrogens is 476 g/mol. The van der Waals surface area contributed by atoms with Gasteiger partial charge in [0.2, 0.25) is 0 Å². The number of carbonyl (C=O) groups is 1. The van der Waals surface area contributed by atoms with Gasteiger partial charge < -0.3 is 9.84 Å². The van der Waals surface area contributed by atoms with E-state index in [1.54, 1.807) is 36.7 Å². The molecule has 0 amide bonds. The van der Waals surface area contributed by atoms with E-state index in [0.717, 1.165) is 30.5 Å². The van der Waals surface area contributed by atoms with Crippen LogP contribution in [0.3, 0.4) is 0 Å². The van der Waals surface area contributed by atoms with Crippen LogP contribution in [0.2, 0.25) is 0 Å². The highest BCUT2D eigenvalue weighted by Gasteiger charge is 2.23. The van der Waals surface area contributed by atoms with Crippen LogP contribution in [-0.4, -0.2) is 29.0 Å². The van der Waals surface area contributed by atoms with Crippen LogP contribution in [0.4, 0.5) is 0 Å². The SMILES string of the molecule is CC(=O)c1ccc(OCC2=CCC(Cc3cccc(C4NNNCC4C)c3)C=C2)c(-c2ccncc2)c1O. The summed E-state index contributed by atoms with van der Waals surface area (Å²) in [6.07, 6.45) is 11.9. The molecule has 1 fully saturated rings. The summed E-state index contributed by atoms with van der Waals surface area (Å²) in [5.74, 6) is 1.18. The highest BCUT2D eigenvalue weighted by atomic mass is 16.5. The lowest BCUT2D eigenvalue weighted by Crippen LogP contribution is -2.54. The number of rotatable bonds is 8. The second kappa shape index (κ2) is 11.7. The van der Waals surface area contributed by atoms with E-state index in [9.17, 15) is 9.90 Å². The zero-order chi connectivity index (χ0) is 26.5. The molecule has 0 bridgehead atoms. The number of aromatic hydroxyl groups is 1. The summed E-state index contributed by atoms with van der Waals surface area (Å²) in [7, 11) is 0. The van der Waals surface area contributed by atoms with Crippen molar-refractivity contribution >= 4 is 5.78 Å². The highest BCUT2D eigenvalue weighted by molar-refractivity contribution is 6.00. The third-order valence-electron chi connectivity index (χ3n) is 7.26. The Hall–Kier alpha value is -3.78. The Bertz CT molecular complexity index is 1350. The highest BCUT2D eigenvalue weighted by Crippen LogP contribution is 2.40. The number of nitrogens with one attached hydrogen (secondary N) is 3. The molecule has 1 saturated heterocycles. The Morgan fingerprint density at radius 3 is 2.74 bits per heavy atom. The summed E-state index contributed by atoms with van der Waals surface area (Å²) in [5.41, 5.74) is 14.8. The van der Waals surface area contributed by atoms with E-state index in [1.807, 2.05) is 0 Å². The van der Waals surface area contributed by atoms with Crippen LogP contribution >= 0.6 is 0 Å². The summed E-state index contributed by atoms with van der Waals surface area (Å²) in [4.78, 5) is 16.1. The topological polar surface area (TPSA) is 95.5 Å². The van der Waals surface area contributed by atoms with Crippen LogP contribution in [0, 0.1) is 11.8 Å². The molecule has 0 spiro atoms. The van der Waals surface area contributed by atoms with Gasteiger partial charge in [-0.1, -0.05) is 49.4 Å². The largest absolute Gasteiger partial charge is 0.506 e. The molecule has 3 aromatic rings. The molecule has 2 aliphatic rings. The number of hydrazine groups is 2. The second-order valence-electron chi connectivity index (χ2n) is 10.1. The van der Waals surface area contributed by atoms with Gasteiger partial charge in [0.1, 0.15) is 18.1 Å². The van der Waals surface area contributed by atoms with Crippen molar-refractivity contribution < 1.29 is 14.6 Å². The molecule has 0 radical (unpaired) electrons. The predicted octanol–water partition coefficient (Wildman–Crippen LogP) is 5.07. The zero-order valence-electron chi connectivity index (χ0n) is 21.8. The maximum Gasteiger partial charge on any atom is 0.163 e. The third kappa shape index (κ3) is 5.86. The summed E-state index contributed by atoms with van der Waals surface area (Å²) in [5, 5.41) is 10.9. The number of ketones is 1. The van der Waals surface area contributed by atoms with E-state index >= 15 is 0 Å². The molecule has 3 unspecified atom stereocenters. The minimum atomic E-state index is -0.197. The molecule has 2 heterocycles. The van der Waals surface area contributed by atoms with E-state index < -0.39 is 0 Å². The normalized spacial score (nSPS) is 21.1. The molecule has 5 rings (SSSR count). The minimum absolute atomic E-state index is 0.0680. The number of hydrogen-bond donors (Lipinski definition) is 4. The smallest absolute Gasteiger partial charge is 0.163 e. The monoisotopic (exact) mass is 510 g/mol.